The number of aromatic nitrogens is 2. The molecule has 8 nitrogen and oxygen atoms in total. The Morgan fingerprint density at radius 2 is 1.77 bits per heavy atom. The second-order valence-corrected chi connectivity index (χ2v) is 8.16. The van der Waals surface area contributed by atoms with Crippen molar-refractivity contribution in [3.63, 3.8) is 0 Å². The van der Waals surface area contributed by atoms with Crippen LogP contribution < -0.4 is 20.9 Å². The van der Waals surface area contributed by atoms with Crippen molar-refractivity contribution in [2.24, 2.45) is 0 Å². The number of para-hydroxylation sites is 2. The third-order valence-corrected chi connectivity index (χ3v) is 5.41. The molecule has 0 unspecified atom stereocenters. The Bertz CT molecular complexity index is 1210. The number of benzene rings is 2. The van der Waals surface area contributed by atoms with E-state index in [9.17, 15) is 14.4 Å². The minimum absolute atomic E-state index is 0.242. The first-order valence-electron chi connectivity index (χ1n) is 11.9. The highest BCUT2D eigenvalue weighted by molar-refractivity contribution is 6.05. The smallest absolute Gasteiger partial charge is 0.273 e. The topological polar surface area (TPSA) is 105 Å². The number of unbranched alkanes of at least 4 members (excludes halogenated alkanes) is 5. The van der Waals surface area contributed by atoms with Crippen molar-refractivity contribution in [3.05, 3.63) is 83.2 Å². The summed E-state index contributed by atoms with van der Waals surface area (Å²) in [7, 11) is 0. The molecular formula is C27H32N4O4. The number of nitrogens with zero attached hydrogens (tertiary/aromatic N) is 1. The van der Waals surface area contributed by atoms with Crippen LogP contribution in [0.25, 0.3) is 5.69 Å². The van der Waals surface area contributed by atoms with Crippen LogP contribution in [0.1, 0.15) is 55.8 Å². The predicted molar refractivity (Wildman–Crippen MR) is 138 cm³/mol. The van der Waals surface area contributed by atoms with E-state index in [0.717, 1.165) is 18.9 Å². The Morgan fingerprint density at radius 1 is 1.00 bits per heavy atom. The van der Waals surface area contributed by atoms with E-state index in [1.54, 1.807) is 24.3 Å². The molecule has 35 heavy (non-hydrogen) atoms. The van der Waals surface area contributed by atoms with Crippen molar-refractivity contribution >= 4 is 23.3 Å². The third kappa shape index (κ3) is 7.46. The van der Waals surface area contributed by atoms with Crippen LogP contribution in [0.3, 0.4) is 0 Å². The molecule has 0 saturated heterocycles. The number of aromatic amines is 1. The molecule has 0 spiro atoms. The van der Waals surface area contributed by atoms with Gasteiger partial charge in [-0.05, 0) is 42.8 Å². The van der Waals surface area contributed by atoms with Gasteiger partial charge in [0, 0.05) is 17.3 Å². The molecule has 1 aromatic heterocycles. The summed E-state index contributed by atoms with van der Waals surface area (Å²) in [6.45, 7) is 6.18. The van der Waals surface area contributed by atoms with Gasteiger partial charge in [0.25, 0.3) is 11.5 Å². The van der Waals surface area contributed by atoms with Crippen molar-refractivity contribution in [3.8, 4) is 11.4 Å². The van der Waals surface area contributed by atoms with Crippen LogP contribution in [-0.4, -0.2) is 28.2 Å². The molecule has 0 radical (unpaired) electrons. The Morgan fingerprint density at radius 3 is 2.57 bits per heavy atom. The van der Waals surface area contributed by atoms with Gasteiger partial charge in [0.05, 0.1) is 6.61 Å². The number of hydrogen-bond acceptors (Lipinski definition) is 4. The number of H-pyrrole nitrogens is 1. The van der Waals surface area contributed by atoms with Gasteiger partial charge < -0.3 is 15.4 Å². The average molecular weight is 477 g/mol. The molecule has 2 aromatic carbocycles. The van der Waals surface area contributed by atoms with Crippen LogP contribution in [-0.2, 0) is 4.79 Å². The zero-order valence-corrected chi connectivity index (χ0v) is 20.0. The van der Waals surface area contributed by atoms with Gasteiger partial charge in [0.2, 0.25) is 5.91 Å². The molecule has 0 aliphatic rings. The normalized spacial score (nSPS) is 10.5. The van der Waals surface area contributed by atoms with E-state index >= 15 is 0 Å². The Kier molecular flexibility index (Phi) is 9.48. The van der Waals surface area contributed by atoms with Crippen molar-refractivity contribution < 1.29 is 14.3 Å². The Labute approximate surface area is 205 Å². The van der Waals surface area contributed by atoms with E-state index in [1.807, 2.05) is 18.2 Å². The van der Waals surface area contributed by atoms with Gasteiger partial charge in [-0.2, -0.15) is 0 Å². The number of anilines is 2. The van der Waals surface area contributed by atoms with Crippen molar-refractivity contribution in [2.75, 3.05) is 17.2 Å². The summed E-state index contributed by atoms with van der Waals surface area (Å²) in [5, 5.41) is 8.23. The second kappa shape index (κ2) is 13.0. The number of ether oxygens (including phenoxy) is 1. The number of hydrogen-bond donors (Lipinski definition) is 3. The lowest BCUT2D eigenvalue weighted by Gasteiger charge is -2.12. The highest BCUT2D eigenvalue weighted by Crippen LogP contribution is 2.22. The number of nitrogens with one attached hydrogen (secondary N) is 3. The molecule has 0 fully saturated rings. The van der Waals surface area contributed by atoms with E-state index < -0.39 is 5.91 Å². The fourth-order valence-electron chi connectivity index (χ4n) is 3.59. The molecule has 184 valence electrons. The van der Waals surface area contributed by atoms with Crippen LogP contribution in [0.15, 0.2) is 72.0 Å². The van der Waals surface area contributed by atoms with E-state index in [4.69, 9.17) is 4.74 Å². The molecule has 3 aromatic rings. The minimum atomic E-state index is -0.430. The van der Waals surface area contributed by atoms with Crippen LogP contribution in [0, 0.1) is 0 Å². The second-order valence-electron chi connectivity index (χ2n) is 8.16. The number of carbonyl (C=O) groups excluding carboxylic acids is 2. The maximum atomic E-state index is 12.7. The van der Waals surface area contributed by atoms with Crippen LogP contribution in [0.4, 0.5) is 11.5 Å². The molecule has 0 aliphatic carbocycles. The fourth-order valence-corrected chi connectivity index (χ4v) is 3.59. The number of rotatable bonds is 13. The van der Waals surface area contributed by atoms with Crippen molar-refractivity contribution in [2.45, 2.75) is 45.4 Å². The SMILES string of the molecule is C=CC(=O)Nc1cccc(C(=O)Nc2cc(=O)n(-c3ccccc3OCCCCCCCC)[nH]2)c1. The van der Waals surface area contributed by atoms with Gasteiger partial charge in [-0.3, -0.25) is 19.5 Å². The molecule has 0 saturated carbocycles. The fraction of sp³-hybridized carbons (Fsp3) is 0.296. The Balaban J connectivity index is 1.66. The summed E-state index contributed by atoms with van der Waals surface area (Å²) in [5.74, 6) is 0.0295. The highest BCUT2D eigenvalue weighted by Gasteiger charge is 2.13. The molecule has 1 heterocycles. The lowest BCUT2D eigenvalue weighted by Crippen LogP contribution is -2.15. The lowest BCUT2D eigenvalue weighted by atomic mass is 10.1. The molecule has 0 aliphatic heterocycles. The summed E-state index contributed by atoms with van der Waals surface area (Å²) in [6, 6.07) is 15.1. The maximum Gasteiger partial charge on any atom is 0.273 e. The largest absolute Gasteiger partial charge is 0.491 e. The van der Waals surface area contributed by atoms with E-state index in [1.165, 1.54) is 42.5 Å². The van der Waals surface area contributed by atoms with Gasteiger partial charge >= 0.3 is 0 Å². The first kappa shape index (κ1) is 25.6. The number of carbonyl (C=O) groups is 2. The highest BCUT2D eigenvalue weighted by atomic mass is 16.5. The summed E-state index contributed by atoms with van der Waals surface area (Å²) >= 11 is 0. The van der Waals surface area contributed by atoms with Crippen molar-refractivity contribution in [1.82, 2.24) is 9.78 Å². The zero-order valence-electron chi connectivity index (χ0n) is 20.0. The molecule has 0 bridgehead atoms. The lowest BCUT2D eigenvalue weighted by molar-refractivity contribution is -0.111. The summed E-state index contributed by atoms with van der Waals surface area (Å²) < 4.78 is 7.30. The summed E-state index contributed by atoms with van der Waals surface area (Å²) in [6.07, 6.45) is 8.13. The monoisotopic (exact) mass is 476 g/mol. The molecule has 3 rings (SSSR count). The summed E-state index contributed by atoms with van der Waals surface area (Å²) in [4.78, 5) is 36.9. The van der Waals surface area contributed by atoms with Gasteiger partial charge in [-0.1, -0.05) is 63.8 Å². The van der Waals surface area contributed by atoms with Gasteiger partial charge in [-0.25, -0.2) is 4.68 Å². The quantitative estimate of drug-likeness (QED) is 0.230. The number of amides is 2. The van der Waals surface area contributed by atoms with E-state index in [0.29, 0.717) is 29.3 Å². The molecule has 8 heteroatoms. The van der Waals surface area contributed by atoms with E-state index in [2.05, 4.69) is 29.2 Å². The zero-order chi connectivity index (χ0) is 25.0. The predicted octanol–water partition coefficient (Wildman–Crippen LogP) is 5.28. The van der Waals surface area contributed by atoms with Crippen molar-refractivity contribution in [1.29, 1.82) is 0 Å². The van der Waals surface area contributed by atoms with Gasteiger partial charge in [0.15, 0.2) is 0 Å². The molecule has 0 atom stereocenters. The van der Waals surface area contributed by atoms with Gasteiger partial charge in [0.1, 0.15) is 17.3 Å². The van der Waals surface area contributed by atoms with Crippen LogP contribution in [0.5, 0.6) is 5.75 Å². The summed E-state index contributed by atoms with van der Waals surface area (Å²) in [5.41, 5.74) is 1.02. The van der Waals surface area contributed by atoms with Gasteiger partial charge in [-0.15, -0.1) is 0 Å². The maximum absolute atomic E-state index is 12.7. The molecular weight excluding hydrogens is 444 g/mol. The van der Waals surface area contributed by atoms with E-state index in [-0.39, 0.29) is 17.3 Å². The van der Waals surface area contributed by atoms with Crippen LogP contribution in [0.2, 0.25) is 0 Å². The minimum Gasteiger partial charge on any atom is -0.491 e. The third-order valence-electron chi connectivity index (χ3n) is 5.41. The standard InChI is InChI=1S/C27H32N4O4/c1-3-5-6-7-8-11-17-35-23-16-10-9-15-22(23)31-26(33)19-24(30-31)29-27(34)20-13-12-14-21(18-20)28-25(32)4-2/h4,9-10,12-16,18-19,30H,2-3,5-8,11,17H2,1H3,(H,28,32)(H,29,34). The molecule has 3 N–H and O–H groups in total. The Hall–Kier alpha value is -4.07. The molecule has 2 amide bonds. The van der Waals surface area contributed by atoms with Crippen LogP contribution >= 0.6 is 0 Å². The first-order chi connectivity index (χ1) is 17.0. The average Bonchev–Trinajstić information content (AvgIpc) is 3.23. The first-order valence-corrected chi connectivity index (χ1v) is 11.9.